The Kier molecular flexibility index (Phi) is 8.76. The molecule has 1 heterocycles. The van der Waals surface area contributed by atoms with Crippen LogP contribution < -0.4 is 23.8 Å². The Morgan fingerprint density at radius 3 is 1.79 bits per heavy atom. The van der Waals surface area contributed by atoms with Crippen molar-refractivity contribution in [3.63, 3.8) is 0 Å². The Hall–Kier alpha value is -4.46. The van der Waals surface area contributed by atoms with Crippen LogP contribution in [0.15, 0.2) is 72.3 Å². The standard InChI is InChI=1S/C31H33NO7/c1-5-36-22-13-9-20(10-14-22)28-27(29(33)25-18-17-24(38-7-3)19-26(25)39-8-4)30(34)31(35)32(28)21-11-15-23(16-12-21)37-6-2/h9-19,28,33H,5-8H2,1-4H3/b29-27-. The maximum absolute atomic E-state index is 13.5. The fourth-order valence-corrected chi connectivity index (χ4v) is 4.57. The second-order valence-corrected chi connectivity index (χ2v) is 8.62. The highest BCUT2D eigenvalue weighted by Gasteiger charge is 2.47. The summed E-state index contributed by atoms with van der Waals surface area (Å²) < 4.78 is 22.5. The number of hydrogen-bond acceptors (Lipinski definition) is 7. The molecule has 1 atom stereocenters. The Labute approximate surface area is 228 Å². The number of nitrogens with zero attached hydrogens (tertiary/aromatic N) is 1. The molecule has 4 rings (SSSR count). The Morgan fingerprint density at radius 2 is 1.23 bits per heavy atom. The number of aliphatic hydroxyl groups excluding tert-OH is 1. The van der Waals surface area contributed by atoms with Gasteiger partial charge in [-0.1, -0.05) is 12.1 Å². The second-order valence-electron chi connectivity index (χ2n) is 8.62. The summed E-state index contributed by atoms with van der Waals surface area (Å²) in [6.07, 6.45) is 0. The van der Waals surface area contributed by atoms with E-state index in [1.165, 1.54) is 4.90 Å². The number of hydrogen-bond donors (Lipinski definition) is 1. The molecule has 0 aliphatic carbocycles. The third kappa shape index (κ3) is 5.70. The molecule has 1 unspecified atom stereocenters. The minimum absolute atomic E-state index is 0.0387. The highest BCUT2D eigenvalue weighted by Crippen LogP contribution is 2.44. The number of Topliss-reactive ketones (excluding diaryl/α,β-unsaturated/α-hetero) is 1. The molecule has 8 nitrogen and oxygen atoms in total. The van der Waals surface area contributed by atoms with E-state index in [1.54, 1.807) is 66.7 Å². The maximum atomic E-state index is 13.5. The number of ether oxygens (including phenoxy) is 4. The first-order chi connectivity index (χ1) is 18.9. The van der Waals surface area contributed by atoms with Crippen LogP contribution in [0.25, 0.3) is 5.76 Å². The number of carbonyl (C=O) groups excluding carboxylic acids is 2. The van der Waals surface area contributed by atoms with Gasteiger partial charge >= 0.3 is 0 Å². The van der Waals surface area contributed by atoms with E-state index in [-0.39, 0.29) is 11.3 Å². The summed E-state index contributed by atoms with van der Waals surface area (Å²) in [6, 6.07) is 18.2. The second kappa shape index (κ2) is 12.4. The molecule has 1 fully saturated rings. The van der Waals surface area contributed by atoms with Crippen LogP contribution in [0.5, 0.6) is 23.0 Å². The minimum Gasteiger partial charge on any atom is -0.507 e. The third-order valence-corrected chi connectivity index (χ3v) is 6.20. The molecule has 0 aromatic heterocycles. The van der Waals surface area contributed by atoms with Crippen molar-refractivity contribution in [2.75, 3.05) is 31.3 Å². The molecule has 8 heteroatoms. The molecule has 3 aromatic rings. The van der Waals surface area contributed by atoms with Crippen LogP contribution in [0, 0.1) is 0 Å². The van der Waals surface area contributed by atoms with Gasteiger partial charge in [-0.25, -0.2) is 0 Å². The summed E-state index contributed by atoms with van der Waals surface area (Å²) in [6.45, 7) is 9.26. The normalized spacial score (nSPS) is 16.3. The third-order valence-electron chi connectivity index (χ3n) is 6.20. The van der Waals surface area contributed by atoms with Gasteiger partial charge in [-0.2, -0.15) is 0 Å². The number of anilines is 1. The van der Waals surface area contributed by atoms with Crippen LogP contribution in [-0.4, -0.2) is 43.2 Å². The van der Waals surface area contributed by atoms with Crippen molar-refractivity contribution in [3.05, 3.63) is 83.4 Å². The molecule has 0 spiro atoms. The average molecular weight is 532 g/mol. The van der Waals surface area contributed by atoms with Gasteiger partial charge in [0.05, 0.1) is 43.6 Å². The number of amides is 1. The molecule has 3 aromatic carbocycles. The molecular weight excluding hydrogens is 498 g/mol. The average Bonchev–Trinajstić information content (AvgIpc) is 3.20. The minimum atomic E-state index is -0.889. The number of ketones is 1. The number of benzene rings is 3. The fourth-order valence-electron chi connectivity index (χ4n) is 4.57. The lowest BCUT2D eigenvalue weighted by Crippen LogP contribution is -2.29. The Bertz CT molecular complexity index is 1350. The van der Waals surface area contributed by atoms with E-state index in [1.807, 2.05) is 27.7 Å². The molecule has 1 aliphatic rings. The van der Waals surface area contributed by atoms with Gasteiger partial charge in [-0.15, -0.1) is 0 Å². The molecule has 0 saturated carbocycles. The van der Waals surface area contributed by atoms with Crippen LogP contribution in [0.3, 0.4) is 0 Å². The molecule has 1 amide bonds. The molecule has 1 saturated heterocycles. The number of aliphatic hydroxyl groups is 1. The van der Waals surface area contributed by atoms with E-state index < -0.39 is 17.7 Å². The van der Waals surface area contributed by atoms with Crippen molar-refractivity contribution in [2.45, 2.75) is 33.7 Å². The van der Waals surface area contributed by atoms with Gasteiger partial charge in [0.1, 0.15) is 28.8 Å². The van der Waals surface area contributed by atoms with Crippen molar-refractivity contribution >= 4 is 23.1 Å². The molecular formula is C31H33NO7. The highest BCUT2D eigenvalue weighted by atomic mass is 16.5. The van der Waals surface area contributed by atoms with Gasteiger partial charge in [0.2, 0.25) is 0 Å². The summed E-state index contributed by atoms with van der Waals surface area (Å²) >= 11 is 0. The van der Waals surface area contributed by atoms with Crippen molar-refractivity contribution in [2.24, 2.45) is 0 Å². The predicted octanol–water partition coefficient (Wildman–Crippen LogP) is 5.91. The number of carbonyl (C=O) groups is 2. The van der Waals surface area contributed by atoms with E-state index >= 15 is 0 Å². The van der Waals surface area contributed by atoms with E-state index in [2.05, 4.69) is 0 Å². The van der Waals surface area contributed by atoms with Crippen LogP contribution >= 0.6 is 0 Å². The quantitative estimate of drug-likeness (QED) is 0.187. The SMILES string of the molecule is CCOc1ccc(C2/C(=C(/O)c3ccc(OCC)cc3OCC)C(=O)C(=O)N2c2ccc(OCC)cc2)cc1. The lowest BCUT2D eigenvalue weighted by molar-refractivity contribution is -0.132. The fraction of sp³-hybridized carbons (Fsp3) is 0.290. The van der Waals surface area contributed by atoms with Crippen molar-refractivity contribution < 1.29 is 33.6 Å². The maximum Gasteiger partial charge on any atom is 0.300 e. The van der Waals surface area contributed by atoms with Gasteiger partial charge < -0.3 is 24.1 Å². The lowest BCUT2D eigenvalue weighted by Gasteiger charge is -2.26. The summed E-state index contributed by atoms with van der Waals surface area (Å²) in [5.41, 5.74) is 1.39. The molecule has 0 bridgehead atoms. The van der Waals surface area contributed by atoms with E-state index in [0.717, 1.165) is 0 Å². The molecule has 1 N–H and O–H groups in total. The van der Waals surface area contributed by atoms with Crippen LogP contribution in [-0.2, 0) is 9.59 Å². The smallest absolute Gasteiger partial charge is 0.300 e. The summed E-state index contributed by atoms with van der Waals surface area (Å²) in [4.78, 5) is 28.4. The number of rotatable bonds is 11. The first-order valence-electron chi connectivity index (χ1n) is 13.1. The topological polar surface area (TPSA) is 94.5 Å². The predicted molar refractivity (Wildman–Crippen MR) is 149 cm³/mol. The Morgan fingerprint density at radius 1 is 0.718 bits per heavy atom. The van der Waals surface area contributed by atoms with E-state index in [4.69, 9.17) is 18.9 Å². The van der Waals surface area contributed by atoms with Gasteiger partial charge in [-0.05, 0) is 81.8 Å². The first-order valence-corrected chi connectivity index (χ1v) is 13.1. The lowest BCUT2D eigenvalue weighted by atomic mass is 9.94. The van der Waals surface area contributed by atoms with Gasteiger partial charge in [0.25, 0.3) is 11.7 Å². The zero-order valence-corrected chi connectivity index (χ0v) is 22.6. The zero-order valence-electron chi connectivity index (χ0n) is 22.6. The first kappa shape index (κ1) is 27.6. The van der Waals surface area contributed by atoms with Crippen molar-refractivity contribution in [1.29, 1.82) is 0 Å². The van der Waals surface area contributed by atoms with Gasteiger partial charge in [0.15, 0.2) is 0 Å². The molecule has 0 radical (unpaired) electrons. The van der Waals surface area contributed by atoms with Crippen LogP contribution in [0.1, 0.15) is 44.9 Å². The summed E-state index contributed by atoms with van der Waals surface area (Å²) in [5.74, 6) is 0.344. The Balaban J connectivity index is 1.89. The zero-order chi connectivity index (χ0) is 27.9. The van der Waals surface area contributed by atoms with Gasteiger partial charge in [0, 0.05) is 11.8 Å². The largest absolute Gasteiger partial charge is 0.507 e. The highest BCUT2D eigenvalue weighted by molar-refractivity contribution is 6.51. The summed E-state index contributed by atoms with van der Waals surface area (Å²) in [5, 5.41) is 11.6. The van der Waals surface area contributed by atoms with Crippen LogP contribution in [0.4, 0.5) is 5.69 Å². The molecule has 39 heavy (non-hydrogen) atoms. The molecule has 1 aliphatic heterocycles. The van der Waals surface area contributed by atoms with Crippen LogP contribution in [0.2, 0.25) is 0 Å². The van der Waals surface area contributed by atoms with E-state index in [9.17, 15) is 14.7 Å². The monoisotopic (exact) mass is 531 g/mol. The van der Waals surface area contributed by atoms with Crippen molar-refractivity contribution in [3.8, 4) is 23.0 Å². The molecule has 204 valence electrons. The summed E-state index contributed by atoms with van der Waals surface area (Å²) in [7, 11) is 0. The van der Waals surface area contributed by atoms with Gasteiger partial charge in [-0.3, -0.25) is 14.5 Å². The van der Waals surface area contributed by atoms with Crippen molar-refractivity contribution in [1.82, 2.24) is 0 Å². The van der Waals surface area contributed by atoms with E-state index in [0.29, 0.717) is 66.2 Å².